The van der Waals surface area contributed by atoms with Gasteiger partial charge in [0, 0.05) is 31.6 Å². The van der Waals surface area contributed by atoms with Gasteiger partial charge in [0.15, 0.2) is 0 Å². The van der Waals surface area contributed by atoms with Gasteiger partial charge in [0.05, 0.1) is 10.6 Å². The number of piperidine rings is 1. The molecular weight excluding hydrogens is 284 g/mol. The molecule has 0 spiro atoms. The third kappa shape index (κ3) is 2.36. The monoisotopic (exact) mass is 306 g/mol. The number of hydrogen-bond donors (Lipinski definition) is 1. The number of carbonyl (C=O) groups excluding carboxylic acids is 1. The first-order valence-corrected chi connectivity index (χ1v) is 8.09. The van der Waals surface area contributed by atoms with Crippen LogP contribution in [-0.2, 0) is 7.05 Å². The van der Waals surface area contributed by atoms with E-state index in [1.54, 1.807) is 0 Å². The summed E-state index contributed by atoms with van der Waals surface area (Å²) in [6.45, 7) is 7.71. The molecule has 3 rings (SSSR count). The lowest BCUT2D eigenvalue weighted by Gasteiger charge is -2.42. The number of hydrogen-bond acceptors (Lipinski definition) is 4. The molecule has 1 aliphatic rings. The summed E-state index contributed by atoms with van der Waals surface area (Å²) >= 11 is 1.53. The number of aromatic nitrogens is 2. The Labute approximate surface area is 128 Å². The molecule has 1 fully saturated rings. The Morgan fingerprint density at radius 2 is 2.24 bits per heavy atom. The third-order valence-electron chi connectivity index (χ3n) is 4.51. The summed E-state index contributed by atoms with van der Waals surface area (Å²) in [7, 11) is 1.92. The largest absolute Gasteiger partial charge is 0.337 e. The number of nitrogens with two attached hydrogens (primary N) is 1. The number of likely N-dealkylation sites (tertiary alicyclic amines) is 1. The van der Waals surface area contributed by atoms with Crippen molar-refractivity contribution >= 4 is 27.5 Å². The van der Waals surface area contributed by atoms with E-state index in [9.17, 15) is 4.79 Å². The van der Waals surface area contributed by atoms with E-state index >= 15 is 0 Å². The number of thiophene rings is 1. The van der Waals surface area contributed by atoms with Crippen LogP contribution in [0.3, 0.4) is 0 Å². The highest BCUT2D eigenvalue weighted by atomic mass is 32.1. The fourth-order valence-electron chi connectivity index (χ4n) is 3.01. The second-order valence-corrected chi connectivity index (χ2v) is 7.68. The lowest BCUT2D eigenvalue weighted by molar-refractivity contribution is 0.0537. The molecule has 1 unspecified atom stereocenters. The molecule has 0 aromatic carbocycles. The van der Waals surface area contributed by atoms with E-state index in [4.69, 9.17) is 5.73 Å². The van der Waals surface area contributed by atoms with Gasteiger partial charge in [-0.25, -0.2) is 0 Å². The van der Waals surface area contributed by atoms with Crippen molar-refractivity contribution in [2.24, 2.45) is 18.2 Å². The average Bonchev–Trinajstić information content (AvgIpc) is 2.95. The Bertz CT molecular complexity index is 665. The number of carbonyl (C=O) groups is 1. The number of rotatable bonds is 1. The van der Waals surface area contributed by atoms with Crippen LogP contribution in [0, 0.1) is 12.3 Å². The van der Waals surface area contributed by atoms with Crippen LogP contribution in [0.4, 0.5) is 0 Å². The van der Waals surface area contributed by atoms with Crippen LogP contribution in [0.15, 0.2) is 6.07 Å². The van der Waals surface area contributed by atoms with Crippen molar-refractivity contribution in [2.75, 3.05) is 13.1 Å². The second kappa shape index (κ2) is 4.81. The van der Waals surface area contributed by atoms with Crippen molar-refractivity contribution in [1.82, 2.24) is 14.7 Å². The number of aryl methyl sites for hydroxylation is 2. The first kappa shape index (κ1) is 14.5. The normalized spacial score (nSPS) is 22.0. The molecule has 0 radical (unpaired) electrons. The second-order valence-electron chi connectivity index (χ2n) is 6.65. The minimum atomic E-state index is -0.0257. The predicted molar refractivity (Wildman–Crippen MR) is 85.6 cm³/mol. The average molecular weight is 306 g/mol. The van der Waals surface area contributed by atoms with Crippen molar-refractivity contribution in [3.05, 3.63) is 16.6 Å². The Balaban J connectivity index is 1.89. The number of fused-ring (bicyclic) bond motifs is 1. The summed E-state index contributed by atoms with van der Waals surface area (Å²) in [5.41, 5.74) is 7.10. The van der Waals surface area contributed by atoms with Crippen molar-refractivity contribution in [1.29, 1.82) is 0 Å². The molecule has 2 N–H and O–H groups in total. The van der Waals surface area contributed by atoms with Crippen LogP contribution >= 0.6 is 11.3 Å². The van der Waals surface area contributed by atoms with Gasteiger partial charge < -0.3 is 10.6 Å². The van der Waals surface area contributed by atoms with E-state index in [-0.39, 0.29) is 17.4 Å². The van der Waals surface area contributed by atoms with Gasteiger partial charge in [-0.05, 0) is 24.8 Å². The molecular formula is C15H22N4OS. The Morgan fingerprint density at radius 3 is 2.86 bits per heavy atom. The van der Waals surface area contributed by atoms with Gasteiger partial charge in [0.25, 0.3) is 5.91 Å². The lowest BCUT2D eigenvalue weighted by atomic mass is 9.79. The van der Waals surface area contributed by atoms with Crippen molar-refractivity contribution in [2.45, 2.75) is 33.2 Å². The zero-order valence-corrected chi connectivity index (χ0v) is 13.8. The molecule has 0 aliphatic carbocycles. The van der Waals surface area contributed by atoms with Crippen molar-refractivity contribution < 1.29 is 4.79 Å². The van der Waals surface area contributed by atoms with E-state index in [1.807, 2.05) is 29.6 Å². The summed E-state index contributed by atoms with van der Waals surface area (Å²) in [4.78, 5) is 16.5. The Morgan fingerprint density at radius 1 is 1.52 bits per heavy atom. The van der Waals surface area contributed by atoms with Gasteiger partial charge in [-0.15, -0.1) is 11.3 Å². The number of nitrogens with zero attached hydrogens (tertiary/aromatic N) is 3. The van der Waals surface area contributed by atoms with E-state index in [0.29, 0.717) is 0 Å². The highest BCUT2D eigenvalue weighted by molar-refractivity contribution is 7.20. The molecule has 1 aliphatic heterocycles. The lowest BCUT2D eigenvalue weighted by Crippen LogP contribution is -2.53. The van der Waals surface area contributed by atoms with Crippen LogP contribution in [0.5, 0.6) is 0 Å². The van der Waals surface area contributed by atoms with Crippen molar-refractivity contribution in [3.63, 3.8) is 0 Å². The van der Waals surface area contributed by atoms with Crippen LogP contribution in [0.2, 0.25) is 0 Å². The summed E-state index contributed by atoms with van der Waals surface area (Å²) in [6, 6.07) is 2.14. The first-order valence-electron chi connectivity index (χ1n) is 7.27. The summed E-state index contributed by atoms with van der Waals surface area (Å²) in [5.74, 6) is 0.121. The summed E-state index contributed by atoms with van der Waals surface area (Å²) < 4.78 is 1.85. The molecule has 0 bridgehead atoms. The van der Waals surface area contributed by atoms with Gasteiger partial charge in [-0.3, -0.25) is 9.48 Å². The van der Waals surface area contributed by atoms with Gasteiger partial charge in [-0.1, -0.05) is 13.8 Å². The van der Waals surface area contributed by atoms with Crippen LogP contribution < -0.4 is 5.73 Å². The van der Waals surface area contributed by atoms with E-state index < -0.39 is 0 Å². The van der Waals surface area contributed by atoms with Gasteiger partial charge in [0.1, 0.15) is 4.83 Å². The Kier molecular flexibility index (Phi) is 3.33. The highest BCUT2D eigenvalue weighted by Crippen LogP contribution is 2.32. The zero-order chi connectivity index (χ0) is 15.4. The first-order chi connectivity index (χ1) is 9.79. The van der Waals surface area contributed by atoms with Crippen LogP contribution in [-0.4, -0.2) is 39.7 Å². The highest BCUT2D eigenvalue weighted by Gasteiger charge is 2.36. The quantitative estimate of drug-likeness (QED) is 0.878. The summed E-state index contributed by atoms with van der Waals surface area (Å²) in [5, 5.41) is 5.46. The Hall–Kier alpha value is -1.40. The maximum atomic E-state index is 12.8. The minimum absolute atomic E-state index is 0.0257. The molecule has 1 atom stereocenters. The minimum Gasteiger partial charge on any atom is -0.337 e. The molecule has 1 amide bonds. The van der Waals surface area contributed by atoms with E-state index in [0.717, 1.165) is 40.3 Å². The van der Waals surface area contributed by atoms with Gasteiger partial charge in [-0.2, -0.15) is 5.10 Å². The van der Waals surface area contributed by atoms with E-state index in [1.165, 1.54) is 11.3 Å². The maximum Gasteiger partial charge on any atom is 0.264 e. The van der Waals surface area contributed by atoms with E-state index in [2.05, 4.69) is 18.9 Å². The molecule has 21 heavy (non-hydrogen) atoms. The third-order valence-corrected chi connectivity index (χ3v) is 5.70. The molecule has 0 saturated carbocycles. The van der Waals surface area contributed by atoms with Gasteiger partial charge >= 0.3 is 0 Å². The topological polar surface area (TPSA) is 64.2 Å². The fraction of sp³-hybridized carbons (Fsp3) is 0.600. The smallest absolute Gasteiger partial charge is 0.264 e. The standard InChI is InChI=1S/C15H22N4OS/c1-9-10-7-11(21-14(10)18(4)17-9)13(20)19-6-5-12(16)15(2,3)8-19/h7,12H,5-6,8,16H2,1-4H3. The molecule has 6 heteroatoms. The molecule has 1 saturated heterocycles. The van der Waals surface area contributed by atoms with Crippen LogP contribution in [0.25, 0.3) is 10.2 Å². The molecule has 2 aromatic rings. The van der Waals surface area contributed by atoms with Crippen LogP contribution in [0.1, 0.15) is 35.6 Å². The fourth-order valence-corrected chi connectivity index (χ4v) is 4.10. The summed E-state index contributed by atoms with van der Waals surface area (Å²) in [6.07, 6.45) is 0.865. The SMILES string of the molecule is Cc1nn(C)c2sc(C(=O)N3CCC(N)C(C)(C)C3)cc12. The molecule has 5 nitrogen and oxygen atoms in total. The molecule has 2 aromatic heterocycles. The van der Waals surface area contributed by atoms with Gasteiger partial charge in [0.2, 0.25) is 0 Å². The predicted octanol–water partition coefficient (Wildman–Crippen LogP) is 2.14. The zero-order valence-electron chi connectivity index (χ0n) is 13.0. The van der Waals surface area contributed by atoms with Crippen molar-refractivity contribution in [3.8, 4) is 0 Å². The number of amides is 1. The molecule has 3 heterocycles. The maximum absolute atomic E-state index is 12.8. The molecule has 114 valence electrons.